The van der Waals surface area contributed by atoms with Crippen LogP contribution >= 0.6 is 0 Å². The van der Waals surface area contributed by atoms with Crippen molar-refractivity contribution in [2.24, 2.45) is 5.92 Å². The average molecular weight is 235 g/mol. The van der Waals surface area contributed by atoms with Gasteiger partial charge in [0, 0.05) is 6.08 Å². The van der Waals surface area contributed by atoms with Gasteiger partial charge in [-0.2, -0.15) is 0 Å². The van der Waals surface area contributed by atoms with Gasteiger partial charge in [-0.25, -0.2) is 0 Å². The highest BCUT2D eigenvalue weighted by molar-refractivity contribution is 5.91. The molecule has 0 radical (unpaired) electrons. The summed E-state index contributed by atoms with van der Waals surface area (Å²) in [5.41, 5.74) is -0.495. The van der Waals surface area contributed by atoms with E-state index in [0.717, 1.165) is 12.8 Å². The van der Waals surface area contributed by atoms with Gasteiger partial charge in [-0.05, 0) is 43.9 Å². The van der Waals surface area contributed by atoms with Crippen molar-refractivity contribution < 1.29 is 14.3 Å². The molecule has 1 aromatic rings. The zero-order valence-corrected chi connectivity index (χ0v) is 9.85. The molecule has 0 bridgehead atoms. The van der Waals surface area contributed by atoms with E-state index >= 15 is 0 Å². The van der Waals surface area contributed by atoms with E-state index in [2.05, 4.69) is 5.32 Å². The van der Waals surface area contributed by atoms with Crippen molar-refractivity contribution in [2.75, 3.05) is 6.61 Å². The topological polar surface area (TPSA) is 62.5 Å². The molecule has 2 rings (SSSR count). The largest absolute Gasteiger partial charge is 0.465 e. The second-order valence-electron chi connectivity index (χ2n) is 4.69. The Bertz CT molecular complexity index is 406. The van der Waals surface area contributed by atoms with Gasteiger partial charge in [0.05, 0.1) is 18.4 Å². The van der Waals surface area contributed by atoms with Gasteiger partial charge in [-0.15, -0.1) is 0 Å². The van der Waals surface area contributed by atoms with E-state index in [0.29, 0.717) is 11.7 Å². The van der Waals surface area contributed by atoms with Crippen molar-refractivity contribution in [3.05, 3.63) is 30.2 Å². The Morgan fingerprint density at radius 2 is 2.47 bits per heavy atom. The third-order valence-electron chi connectivity index (χ3n) is 3.16. The summed E-state index contributed by atoms with van der Waals surface area (Å²) >= 11 is 0. The quantitative estimate of drug-likeness (QED) is 0.761. The van der Waals surface area contributed by atoms with Crippen molar-refractivity contribution in [1.29, 1.82) is 0 Å². The van der Waals surface area contributed by atoms with Crippen LogP contribution in [0.3, 0.4) is 0 Å². The minimum Gasteiger partial charge on any atom is -0.465 e. The van der Waals surface area contributed by atoms with Gasteiger partial charge in [0.1, 0.15) is 5.76 Å². The first kappa shape index (κ1) is 11.9. The fraction of sp³-hybridized carbons (Fsp3) is 0.462. The van der Waals surface area contributed by atoms with Crippen LogP contribution in [0.4, 0.5) is 0 Å². The first-order chi connectivity index (χ1) is 8.14. The zero-order chi connectivity index (χ0) is 12.3. The van der Waals surface area contributed by atoms with Crippen LogP contribution < -0.4 is 5.32 Å². The summed E-state index contributed by atoms with van der Waals surface area (Å²) in [5, 5.41) is 12.2. The number of aliphatic hydroxyl groups excluding tert-OH is 1. The Labute approximate surface area is 100 Å². The molecule has 17 heavy (non-hydrogen) atoms. The van der Waals surface area contributed by atoms with E-state index in [-0.39, 0.29) is 12.5 Å². The average Bonchev–Trinajstić information content (AvgIpc) is 3.05. The predicted molar refractivity (Wildman–Crippen MR) is 64.1 cm³/mol. The summed E-state index contributed by atoms with van der Waals surface area (Å²) in [5.74, 6) is 0.829. The highest BCUT2D eigenvalue weighted by atomic mass is 16.3. The molecule has 0 aromatic carbocycles. The Kier molecular flexibility index (Phi) is 3.33. The highest BCUT2D eigenvalue weighted by Gasteiger charge is 2.41. The van der Waals surface area contributed by atoms with Gasteiger partial charge in [-0.1, -0.05) is 0 Å². The minimum absolute atomic E-state index is 0.0298. The molecular weight excluding hydrogens is 218 g/mol. The molecule has 2 N–H and O–H groups in total. The number of nitrogens with one attached hydrogen (secondary N) is 1. The monoisotopic (exact) mass is 235 g/mol. The molecule has 1 heterocycles. The van der Waals surface area contributed by atoms with E-state index in [1.807, 2.05) is 6.92 Å². The lowest BCUT2D eigenvalue weighted by molar-refractivity contribution is -0.119. The lowest BCUT2D eigenvalue weighted by Crippen LogP contribution is -2.50. The molecule has 1 fully saturated rings. The Hall–Kier alpha value is -1.55. The third kappa shape index (κ3) is 2.97. The molecule has 92 valence electrons. The number of hydrogen-bond donors (Lipinski definition) is 2. The second-order valence-corrected chi connectivity index (χ2v) is 4.69. The second kappa shape index (κ2) is 4.75. The summed E-state index contributed by atoms with van der Waals surface area (Å²) in [6.45, 7) is 1.85. The van der Waals surface area contributed by atoms with E-state index in [4.69, 9.17) is 4.42 Å². The zero-order valence-electron chi connectivity index (χ0n) is 9.85. The summed E-state index contributed by atoms with van der Waals surface area (Å²) in [6.07, 6.45) is 6.73. The van der Waals surface area contributed by atoms with Gasteiger partial charge in [0.15, 0.2) is 0 Å². The lowest BCUT2D eigenvalue weighted by atomic mass is 9.97. The number of rotatable bonds is 5. The SMILES string of the molecule is CC(CO)(NC(=O)/C=C/c1ccco1)C1CC1. The number of aliphatic hydroxyl groups is 1. The molecule has 1 aliphatic carbocycles. The molecule has 0 spiro atoms. The van der Waals surface area contributed by atoms with Crippen LogP contribution in [0.5, 0.6) is 0 Å². The first-order valence-electron chi connectivity index (χ1n) is 5.78. The molecule has 1 aromatic heterocycles. The fourth-order valence-electron chi connectivity index (χ4n) is 1.86. The Morgan fingerprint density at radius 3 is 3.00 bits per heavy atom. The van der Waals surface area contributed by atoms with Crippen molar-refractivity contribution in [3.63, 3.8) is 0 Å². The van der Waals surface area contributed by atoms with Crippen LogP contribution in [0.25, 0.3) is 6.08 Å². The maximum atomic E-state index is 11.7. The molecule has 1 saturated carbocycles. The minimum atomic E-state index is -0.495. The molecule has 1 unspecified atom stereocenters. The van der Waals surface area contributed by atoms with E-state index < -0.39 is 5.54 Å². The number of hydrogen-bond acceptors (Lipinski definition) is 3. The van der Waals surface area contributed by atoms with E-state index in [1.165, 1.54) is 6.08 Å². The van der Waals surface area contributed by atoms with E-state index in [9.17, 15) is 9.90 Å². The van der Waals surface area contributed by atoms with Crippen LogP contribution in [0.2, 0.25) is 0 Å². The van der Waals surface area contributed by atoms with Gasteiger partial charge >= 0.3 is 0 Å². The molecule has 1 atom stereocenters. The van der Waals surface area contributed by atoms with Crippen molar-refractivity contribution in [1.82, 2.24) is 5.32 Å². The number of carbonyl (C=O) groups excluding carboxylic acids is 1. The normalized spacial score (nSPS) is 19.2. The summed E-state index contributed by atoms with van der Waals surface area (Å²) < 4.78 is 5.08. The number of furan rings is 1. The summed E-state index contributed by atoms with van der Waals surface area (Å²) in [7, 11) is 0. The fourth-order valence-corrected chi connectivity index (χ4v) is 1.86. The number of amides is 1. The van der Waals surface area contributed by atoms with Gasteiger partial charge in [0.2, 0.25) is 5.91 Å². The van der Waals surface area contributed by atoms with E-state index in [1.54, 1.807) is 24.5 Å². The third-order valence-corrected chi connectivity index (χ3v) is 3.16. The molecule has 0 aliphatic heterocycles. The van der Waals surface area contributed by atoms with Gasteiger partial charge in [-0.3, -0.25) is 4.79 Å². The molecule has 1 amide bonds. The highest BCUT2D eigenvalue weighted by Crippen LogP contribution is 2.39. The van der Waals surface area contributed by atoms with Crippen LogP contribution in [0.1, 0.15) is 25.5 Å². The maximum absolute atomic E-state index is 11.7. The first-order valence-corrected chi connectivity index (χ1v) is 5.78. The maximum Gasteiger partial charge on any atom is 0.244 e. The Morgan fingerprint density at radius 1 is 1.71 bits per heavy atom. The lowest BCUT2D eigenvalue weighted by Gasteiger charge is -2.28. The number of carbonyl (C=O) groups is 1. The van der Waals surface area contributed by atoms with Crippen LogP contribution in [-0.2, 0) is 4.79 Å². The molecule has 0 saturated heterocycles. The van der Waals surface area contributed by atoms with Crippen LogP contribution in [0.15, 0.2) is 28.9 Å². The van der Waals surface area contributed by atoms with Crippen LogP contribution in [-0.4, -0.2) is 23.2 Å². The van der Waals surface area contributed by atoms with Gasteiger partial charge < -0.3 is 14.8 Å². The van der Waals surface area contributed by atoms with Gasteiger partial charge in [0.25, 0.3) is 0 Å². The smallest absolute Gasteiger partial charge is 0.244 e. The standard InChI is InChI=1S/C13H17NO3/c1-13(9-15,10-4-5-10)14-12(16)7-6-11-3-2-8-17-11/h2-3,6-8,10,15H,4-5,9H2,1H3,(H,14,16)/b7-6+. The van der Waals surface area contributed by atoms with Crippen LogP contribution in [0, 0.1) is 5.92 Å². The Balaban J connectivity index is 1.92. The molecule has 4 nitrogen and oxygen atoms in total. The van der Waals surface area contributed by atoms with Crippen molar-refractivity contribution >= 4 is 12.0 Å². The molecule has 4 heteroatoms. The predicted octanol–water partition coefficient (Wildman–Crippen LogP) is 1.57. The molecular formula is C13H17NO3. The van der Waals surface area contributed by atoms with Crippen molar-refractivity contribution in [3.8, 4) is 0 Å². The summed E-state index contributed by atoms with van der Waals surface area (Å²) in [6, 6.07) is 3.54. The molecule has 1 aliphatic rings. The van der Waals surface area contributed by atoms with Crippen molar-refractivity contribution in [2.45, 2.75) is 25.3 Å². The summed E-state index contributed by atoms with van der Waals surface area (Å²) in [4.78, 5) is 11.7.